The first-order valence-electron chi connectivity index (χ1n) is 3.51. The second-order valence-corrected chi connectivity index (χ2v) is 2.38. The lowest BCUT2D eigenvalue weighted by atomic mass is 10.2. The Kier molecular flexibility index (Phi) is 2.33. The smallest absolute Gasteiger partial charge is 0.0745 e. The molecule has 0 fully saturated rings. The van der Waals surface area contributed by atoms with E-state index in [4.69, 9.17) is 5.84 Å². The van der Waals surface area contributed by atoms with Crippen molar-refractivity contribution in [1.29, 1.82) is 0 Å². The van der Waals surface area contributed by atoms with Gasteiger partial charge in [-0.1, -0.05) is 12.1 Å². The van der Waals surface area contributed by atoms with Crippen molar-refractivity contribution >= 4 is 11.4 Å². The molecule has 0 aliphatic rings. The van der Waals surface area contributed by atoms with E-state index in [0.717, 1.165) is 11.4 Å². The molecule has 1 aromatic rings. The van der Waals surface area contributed by atoms with E-state index in [2.05, 4.69) is 5.32 Å². The van der Waals surface area contributed by atoms with Gasteiger partial charge in [-0.15, -0.1) is 0 Å². The number of rotatable bonds is 2. The molecule has 0 saturated heterocycles. The van der Waals surface area contributed by atoms with Crippen LogP contribution in [0.2, 0.25) is 0 Å². The van der Waals surface area contributed by atoms with Crippen molar-refractivity contribution in [2.75, 3.05) is 24.4 Å². The summed E-state index contributed by atoms with van der Waals surface area (Å²) < 4.78 is 0. The Bertz CT molecular complexity index is 233. The molecular formula is C8H13N3. The lowest BCUT2D eigenvalue weighted by Crippen LogP contribution is -2.25. The van der Waals surface area contributed by atoms with Crippen molar-refractivity contribution in [2.24, 2.45) is 5.84 Å². The van der Waals surface area contributed by atoms with Gasteiger partial charge in [0.1, 0.15) is 0 Å². The van der Waals surface area contributed by atoms with Crippen LogP contribution in [0.4, 0.5) is 11.4 Å². The zero-order valence-corrected chi connectivity index (χ0v) is 6.83. The van der Waals surface area contributed by atoms with E-state index < -0.39 is 0 Å². The maximum Gasteiger partial charge on any atom is 0.0745 e. The second-order valence-electron chi connectivity index (χ2n) is 2.38. The molecule has 0 saturated carbocycles. The summed E-state index contributed by atoms with van der Waals surface area (Å²) in [5, 5.41) is 4.64. The van der Waals surface area contributed by atoms with Gasteiger partial charge >= 0.3 is 0 Å². The normalized spacial score (nSPS) is 9.36. The monoisotopic (exact) mass is 151 g/mol. The Balaban J connectivity index is 3.02. The zero-order chi connectivity index (χ0) is 8.27. The molecule has 60 valence electrons. The number of nitrogens with two attached hydrogens (primary N) is 1. The molecule has 1 rings (SSSR count). The molecule has 3 nitrogen and oxygen atoms in total. The van der Waals surface area contributed by atoms with Gasteiger partial charge in [0.2, 0.25) is 0 Å². The summed E-state index contributed by atoms with van der Waals surface area (Å²) in [7, 11) is 3.69. The van der Waals surface area contributed by atoms with Crippen molar-refractivity contribution in [3.8, 4) is 0 Å². The predicted octanol–water partition coefficient (Wildman–Crippen LogP) is 1.04. The fourth-order valence-electron chi connectivity index (χ4n) is 0.993. The maximum absolute atomic E-state index is 5.58. The van der Waals surface area contributed by atoms with Crippen LogP contribution >= 0.6 is 0 Å². The van der Waals surface area contributed by atoms with Gasteiger partial charge in [-0.25, -0.2) is 5.84 Å². The first-order valence-corrected chi connectivity index (χ1v) is 3.51. The lowest BCUT2D eigenvalue weighted by molar-refractivity contribution is 1.02. The molecule has 0 heterocycles. The van der Waals surface area contributed by atoms with E-state index in [1.165, 1.54) is 0 Å². The largest absolute Gasteiger partial charge is 0.386 e. The van der Waals surface area contributed by atoms with E-state index >= 15 is 0 Å². The van der Waals surface area contributed by atoms with Gasteiger partial charge < -0.3 is 10.3 Å². The fourth-order valence-corrected chi connectivity index (χ4v) is 0.993. The number of nitrogens with one attached hydrogen (secondary N) is 1. The molecule has 0 spiro atoms. The Labute approximate surface area is 66.8 Å². The van der Waals surface area contributed by atoms with Crippen molar-refractivity contribution < 1.29 is 0 Å². The van der Waals surface area contributed by atoms with Crippen LogP contribution in [0.5, 0.6) is 0 Å². The molecule has 0 unspecified atom stereocenters. The summed E-state index contributed by atoms with van der Waals surface area (Å²) in [6, 6.07) is 7.88. The first kappa shape index (κ1) is 7.88. The van der Waals surface area contributed by atoms with Gasteiger partial charge in [0.15, 0.2) is 0 Å². The van der Waals surface area contributed by atoms with Crippen LogP contribution in [0.15, 0.2) is 24.3 Å². The predicted molar refractivity (Wildman–Crippen MR) is 48.6 cm³/mol. The van der Waals surface area contributed by atoms with E-state index in [1.54, 1.807) is 5.01 Å². The van der Waals surface area contributed by atoms with Crippen LogP contribution in [-0.4, -0.2) is 14.1 Å². The highest BCUT2D eigenvalue weighted by molar-refractivity contribution is 5.68. The molecule has 3 heteroatoms. The van der Waals surface area contributed by atoms with E-state index in [9.17, 15) is 0 Å². The molecule has 0 aliphatic carbocycles. The summed E-state index contributed by atoms with van der Waals surface area (Å²) in [5.41, 5.74) is 2.03. The molecule has 0 radical (unpaired) electrons. The highest BCUT2D eigenvalue weighted by Gasteiger charge is 1.99. The number of benzene rings is 1. The van der Waals surface area contributed by atoms with E-state index in [0.29, 0.717) is 0 Å². The topological polar surface area (TPSA) is 41.3 Å². The third kappa shape index (κ3) is 1.62. The Hall–Kier alpha value is -1.22. The van der Waals surface area contributed by atoms with E-state index in [-0.39, 0.29) is 0 Å². The van der Waals surface area contributed by atoms with Gasteiger partial charge in [-0.2, -0.15) is 0 Å². The molecule has 0 aliphatic heterocycles. The number of para-hydroxylation sites is 2. The summed E-state index contributed by atoms with van der Waals surface area (Å²) in [6.45, 7) is 0. The second kappa shape index (κ2) is 3.25. The standard InChI is InChI=1S/C8H13N3/c1-10-7-5-3-4-6-8(7)11(2)9/h3-6,10H,9H2,1-2H3. The highest BCUT2D eigenvalue weighted by atomic mass is 15.4. The number of anilines is 2. The molecule has 1 aromatic carbocycles. The molecular weight excluding hydrogens is 138 g/mol. The number of hydrogen-bond acceptors (Lipinski definition) is 3. The SMILES string of the molecule is CNc1ccccc1N(C)N. The zero-order valence-electron chi connectivity index (χ0n) is 6.83. The van der Waals surface area contributed by atoms with Crippen LogP contribution in [0.1, 0.15) is 0 Å². The molecule has 3 N–H and O–H groups in total. The van der Waals surface area contributed by atoms with Crippen LogP contribution < -0.4 is 16.2 Å². The lowest BCUT2D eigenvalue weighted by Gasteiger charge is -2.15. The molecule has 0 amide bonds. The third-order valence-electron chi connectivity index (χ3n) is 1.55. The van der Waals surface area contributed by atoms with Crippen LogP contribution in [-0.2, 0) is 0 Å². The summed E-state index contributed by atoms with van der Waals surface area (Å²) in [4.78, 5) is 0. The first-order chi connectivity index (χ1) is 5.25. The Morgan fingerprint density at radius 2 is 2.00 bits per heavy atom. The van der Waals surface area contributed by atoms with Crippen LogP contribution in [0.3, 0.4) is 0 Å². The molecule has 0 aromatic heterocycles. The van der Waals surface area contributed by atoms with Gasteiger partial charge in [-0.3, -0.25) is 0 Å². The van der Waals surface area contributed by atoms with E-state index in [1.807, 2.05) is 38.4 Å². The van der Waals surface area contributed by atoms with Crippen molar-refractivity contribution in [2.45, 2.75) is 0 Å². The quantitative estimate of drug-likeness (QED) is 0.490. The number of nitrogens with zero attached hydrogens (tertiary/aromatic N) is 1. The molecule has 0 atom stereocenters. The maximum atomic E-state index is 5.58. The minimum absolute atomic E-state index is 0.995. The summed E-state index contributed by atoms with van der Waals surface area (Å²) >= 11 is 0. The fraction of sp³-hybridized carbons (Fsp3) is 0.250. The third-order valence-corrected chi connectivity index (χ3v) is 1.55. The molecule has 0 bridgehead atoms. The van der Waals surface area contributed by atoms with Gasteiger partial charge in [0, 0.05) is 14.1 Å². The summed E-state index contributed by atoms with van der Waals surface area (Å²) in [6.07, 6.45) is 0. The van der Waals surface area contributed by atoms with Crippen LogP contribution in [0, 0.1) is 0 Å². The van der Waals surface area contributed by atoms with Crippen LogP contribution in [0.25, 0.3) is 0 Å². The summed E-state index contributed by atoms with van der Waals surface area (Å²) in [5.74, 6) is 5.58. The molecule has 11 heavy (non-hydrogen) atoms. The van der Waals surface area contributed by atoms with Gasteiger partial charge in [-0.05, 0) is 12.1 Å². The number of hydrogen-bond donors (Lipinski definition) is 2. The van der Waals surface area contributed by atoms with Gasteiger partial charge in [0.05, 0.1) is 11.4 Å². The number of hydrazine groups is 1. The highest BCUT2D eigenvalue weighted by Crippen LogP contribution is 2.21. The Morgan fingerprint density at radius 1 is 1.36 bits per heavy atom. The van der Waals surface area contributed by atoms with Crippen molar-refractivity contribution in [1.82, 2.24) is 0 Å². The average molecular weight is 151 g/mol. The average Bonchev–Trinajstić information content (AvgIpc) is 2.04. The minimum atomic E-state index is 0.995. The van der Waals surface area contributed by atoms with Gasteiger partial charge in [0.25, 0.3) is 0 Å². The van der Waals surface area contributed by atoms with Crippen molar-refractivity contribution in [3.05, 3.63) is 24.3 Å². The van der Waals surface area contributed by atoms with Crippen molar-refractivity contribution in [3.63, 3.8) is 0 Å². The minimum Gasteiger partial charge on any atom is -0.386 e. The Morgan fingerprint density at radius 3 is 2.45 bits per heavy atom.